The van der Waals surface area contributed by atoms with E-state index < -0.39 is 26.6 Å². The predicted octanol–water partition coefficient (Wildman–Crippen LogP) is 1.21. The molecule has 138 valence electrons. The number of aryl methyl sites for hydroxylation is 1. The number of sulfonamides is 1. The van der Waals surface area contributed by atoms with Crippen LogP contribution in [0.5, 0.6) is 0 Å². The Morgan fingerprint density at radius 2 is 1.65 bits per heavy atom. The highest BCUT2D eigenvalue weighted by atomic mass is 32.2. The molecule has 3 rings (SSSR count). The maximum Gasteiger partial charge on any atom is 0.274 e. The van der Waals surface area contributed by atoms with Crippen LogP contribution < -0.4 is 0 Å². The minimum atomic E-state index is -4.33. The Morgan fingerprint density at radius 1 is 1.04 bits per heavy atom. The van der Waals surface area contributed by atoms with Crippen LogP contribution >= 0.6 is 0 Å². The molecule has 0 aliphatic carbocycles. The molecule has 2 aromatic rings. The summed E-state index contributed by atoms with van der Waals surface area (Å²) in [7, 11) is -4.33. The molecule has 0 N–H and O–H groups in total. The van der Waals surface area contributed by atoms with Crippen LogP contribution in [-0.4, -0.2) is 59.7 Å². The number of halogens is 2. The van der Waals surface area contributed by atoms with Crippen molar-refractivity contribution in [1.29, 1.82) is 0 Å². The molecule has 1 aromatic heterocycles. The van der Waals surface area contributed by atoms with Crippen molar-refractivity contribution < 1.29 is 22.0 Å². The van der Waals surface area contributed by atoms with Gasteiger partial charge in [0.15, 0.2) is 4.90 Å². The Bertz CT molecular complexity index is 907. The molecule has 1 aromatic carbocycles. The van der Waals surface area contributed by atoms with Crippen molar-refractivity contribution >= 4 is 15.9 Å². The van der Waals surface area contributed by atoms with Crippen LogP contribution in [0.4, 0.5) is 8.78 Å². The van der Waals surface area contributed by atoms with E-state index >= 15 is 0 Å². The topological polar surface area (TPSA) is 83.5 Å². The first-order chi connectivity index (χ1) is 12.3. The fourth-order valence-electron chi connectivity index (χ4n) is 2.65. The molecule has 0 bridgehead atoms. The lowest BCUT2D eigenvalue weighted by molar-refractivity contribution is 0.0691. The fourth-order valence-corrected chi connectivity index (χ4v) is 4.19. The minimum absolute atomic E-state index is 0.0683. The number of piperazine rings is 1. The molecule has 2 heterocycles. The Kier molecular flexibility index (Phi) is 4.97. The summed E-state index contributed by atoms with van der Waals surface area (Å²) in [6.45, 7) is 1.78. The van der Waals surface area contributed by atoms with Gasteiger partial charge < -0.3 is 4.90 Å². The molecule has 0 unspecified atom stereocenters. The third kappa shape index (κ3) is 3.42. The molecule has 1 saturated heterocycles. The van der Waals surface area contributed by atoms with Crippen LogP contribution in [0.1, 0.15) is 16.2 Å². The van der Waals surface area contributed by atoms with Crippen LogP contribution in [0.2, 0.25) is 0 Å². The van der Waals surface area contributed by atoms with E-state index in [0.717, 1.165) is 22.5 Å². The number of hydrogen-bond acceptors (Lipinski definition) is 5. The third-order valence-corrected chi connectivity index (χ3v) is 5.99. The molecule has 1 amide bonds. The highest BCUT2D eigenvalue weighted by molar-refractivity contribution is 7.89. The molecule has 1 fully saturated rings. The highest BCUT2D eigenvalue weighted by Gasteiger charge is 2.34. The van der Waals surface area contributed by atoms with E-state index in [4.69, 9.17) is 0 Å². The first-order valence-corrected chi connectivity index (χ1v) is 9.27. The zero-order valence-corrected chi connectivity index (χ0v) is 14.7. The zero-order chi connectivity index (χ0) is 18.9. The largest absolute Gasteiger partial charge is 0.335 e. The van der Waals surface area contributed by atoms with Crippen molar-refractivity contribution in [3.8, 4) is 0 Å². The van der Waals surface area contributed by atoms with Gasteiger partial charge in [-0.1, -0.05) is 6.07 Å². The number of aromatic nitrogens is 2. The maximum atomic E-state index is 13.8. The lowest BCUT2D eigenvalue weighted by Gasteiger charge is -2.33. The number of rotatable bonds is 3. The number of amides is 1. The average molecular weight is 382 g/mol. The SMILES string of the molecule is Cc1cnc(C(=O)N2CCN(S(=O)(=O)c3c(F)cccc3F)CC2)cn1. The molecular weight excluding hydrogens is 366 g/mol. The normalized spacial score (nSPS) is 15.9. The second-order valence-corrected chi connectivity index (χ2v) is 7.66. The third-order valence-electron chi connectivity index (χ3n) is 4.04. The molecule has 26 heavy (non-hydrogen) atoms. The Morgan fingerprint density at radius 3 is 2.19 bits per heavy atom. The summed E-state index contributed by atoms with van der Waals surface area (Å²) >= 11 is 0. The molecule has 7 nitrogen and oxygen atoms in total. The van der Waals surface area contributed by atoms with E-state index in [1.807, 2.05) is 0 Å². The van der Waals surface area contributed by atoms with Crippen molar-refractivity contribution in [2.24, 2.45) is 0 Å². The number of carbonyl (C=O) groups excluding carboxylic acids is 1. The van der Waals surface area contributed by atoms with Crippen molar-refractivity contribution in [2.75, 3.05) is 26.2 Å². The number of hydrogen-bond donors (Lipinski definition) is 0. The van der Waals surface area contributed by atoms with Gasteiger partial charge in [0.05, 0.1) is 11.9 Å². The van der Waals surface area contributed by atoms with Gasteiger partial charge >= 0.3 is 0 Å². The first-order valence-electron chi connectivity index (χ1n) is 7.83. The second-order valence-electron chi connectivity index (χ2n) is 5.79. The van der Waals surface area contributed by atoms with Gasteiger partial charge in [0.25, 0.3) is 5.91 Å². The van der Waals surface area contributed by atoms with Crippen LogP contribution in [0.3, 0.4) is 0 Å². The lowest BCUT2D eigenvalue weighted by Crippen LogP contribution is -2.50. The summed E-state index contributed by atoms with van der Waals surface area (Å²) in [5.41, 5.74) is 0.830. The average Bonchev–Trinajstić information content (AvgIpc) is 2.61. The smallest absolute Gasteiger partial charge is 0.274 e. The Hall–Kier alpha value is -2.46. The molecule has 1 aliphatic heterocycles. The summed E-state index contributed by atoms with van der Waals surface area (Å²) in [5.74, 6) is -2.65. The van der Waals surface area contributed by atoms with E-state index in [-0.39, 0.29) is 37.8 Å². The molecular formula is C16H16F2N4O3S. The van der Waals surface area contributed by atoms with Crippen LogP contribution in [0.15, 0.2) is 35.5 Å². The summed E-state index contributed by atoms with van der Waals surface area (Å²) < 4.78 is 53.7. The van der Waals surface area contributed by atoms with Crippen LogP contribution in [0, 0.1) is 18.6 Å². The van der Waals surface area contributed by atoms with Crippen molar-refractivity contribution in [1.82, 2.24) is 19.2 Å². The van der Waals surface area contributed by atoms with E-state index in [0.29, 0.717) is 5.69 Å². The van der Waals surface area contributed by atoms with Crippen molar-refractivity contribution in [3.05, 3.63) is 53.6 Å². The van der Waals surface area contributed by atoms with Gasteiger partial charge in [-0.15, -0.1) is 0 Å². The second kappa shape index (κ2) is 7.04. The molecule has 1 aliphatic rings. The van der Waals surface area contributed by atoms with Crippen LogP contribution in [0.25, 0.3) is 0 Å². The van der Waals surface area contributed by atoms with E-state index in [1.54, 1.807) is 6.92 Å². The predicted molar refractivity (Wildman–Crippen MR) is 87.8 cm³/mol. The molecule has 0 spiro atoms. The number of nitrogens with zero attached hydrogens (tertiary/aromatic N) is 4. The van der Waals surface area contributed by atoms with E-state index in [2.05, 4.69) is 9.97 Å². The first kappa shape index (κ1) is 18.3. The summed E-state index contributed by atoms with van der Waals surface area (Å²) in [6, 6.07) is 2.89. The number of carbonyl (C=O) groups is 1. The fraction of sp³-hybridized carbons (Fsp3) is 0.312. The maximum absolute atomic E-state index is 13.8. The molecule has 0 atom stereocenters. The van der Waals surface area contributed by atoms with Gasteiger partial charge in [-0.2, -0.15) is 4.31 Å². The van der Waals surface area contributed by atoms with Crippen LogP contribution in [-0.2, 0) is 10.0 Å². The molecule has 10 heteroatoms. The van der Waals surface area contributed by atoms with Crippen molar-refractivity contribution in [3.63, 3.8) is 0 Å². The summed E-state index contributed by atoms with van der Waals surface area (Å²) in [5, 5.41) is 0. The molecule has 0 radical (unpaired) electrons. The van der Waals surface area contributed by atoms with E-state index in [9.17, 15) is 22.0 Å². The monoisotopic (exact) mass is 382 g/mol. The minimum Gasteiger partial charge on any atom is -0.335 e. The van der Waals surface area contributed by atoms with Gasteiger partial charge in [-0.3, -0.25) is 9.78 Å². The van der Waals surface area contributed by atoms with Gasteiger partial charge in [0.2, 0.25) is 10.0 Å². The summed E-state index contributed by atoms with van der Waals surface area (Å²) in [4.78, 5) is 20.9. The standard InChI is InChI=1S/C16H16F2N4O3S/c1-11-9-20-14(10-19-11)16(23)21-5-7-22(8-6-21)26(24,25)15-12(17)3-2-4-13(15)18/h2-4,9-10H,5-8H2,1H3. The Balaban J connectivity index is 1.74. The number of benzene rings is 1. The summed E-state index contributed by atoms with van der Waals surface area (Å²) in [6.07, 6.45) is 2.82. The van der Waals surface area contributed by atoms with Crippen molar-refractivity contribution in [2.45, 2.75) is 11.8 Å². The van der Waals surface area contributed by atoms with Gasteiger partial charge in [0.1, 0.15) is 17.3 Å². The Labute approximate surface area is 149 Å². The quantitative estimate of drug-likeness (QED) is 0.797. The van der Waals surface area contributed by atoms with Gasteiger partial charge in [-0.05, 0) is 19.1 Å². The molecule has 0 saturated carbocycles. The van der Waals surface area contributed by atoms with Gasteiger partial charge in [-0.25, -0.2) is 22.2 Å². The van der Waals surface area contributed by atoms with E-state index in [1.165, 1.54) is 17.3 Å². The zero-order valence-electron chi connectivity index (χ0n) is 13.9. The highest BCUT2D eigenvalue weighted by Crippen LogP contribution is 2.23. The van der Waals surface area contributed by atoms with Gasteiger partial charge in [0, 0.05) is 32.4 Å². The lowest BCUT2D eigenvalue weighted by atomic mass is 10.3.